The van der Waals surface area contributed by atoms with Crippen molar-refractivity contribution in [3.8, 4) is 5.88 Å². The maximum absolute atomic E-state index is 12.4. The molecule has 0 aliphatic rings. The Morgan fingerprint density at radius 2 is 2.50 bits per heavy atom. The predicted molar refractivity (Wildman–Crippen MR) is 35.9 cm³/mol. The van der Waals surface area contributed by atoms with Gasteiger partial charge in [-0.2, -0.15) is 9.37 Å². The molecule has 0 aliphatic heterocycles. The van der Waals surface area contributed by atoms with Crippen LogP contribution in [0, 0.1) is 10.6 Å². The maximum atomic E-state index is 12.4. The molecule has 0 spiro atoms. The van der Waals surface area contributed by atoms with Gasteiger partial charge in [0.2, 0.25) is 5.88 Å². The van der Waals surface area contributed by atoms with Crippen molar-refractivity contribution in [3.05, 3.63) is 16.8 Å². The largest absolute Gasteiger partial charge is 0.480 e. The quantitative estimate of drug-likeness (QED) is 0.629. The molecule has 0 saturated heterocycles. The molecule has 0 fully saturated rings. The summed E-state index contributed by atoms with van der Waals surface area (Å²) in [6.07, 6.45) is 1.39. The van der Waals surface area contributed by atoms with Gasteiger partial charge < -0.3 is 9.72 Å². The number of aromatic amines is 1. The highest BCUT2D eigenvalue weighted by atomic mass is 32.1. The van der Waals surface area contributed by atoms with E-state index in [0.717, 1.165) is 0 Å². The molecule has 54 valence electrons. The SMILES string of the molecule is COc1c[nH]c(=S)c(F)n1. The van der Waals surface area contributed by atoms with Crippen LogP contribution >= 0.6 is 12.2 Å². The van der Waals surface area contributed by atoms with Crippen molar-refractivity contribution < 1.29 is 9.13 Å². The number of hydrogen-bond donors (Lipinski definition) is 1. The van der Waals surface area contributed by atoms with Crippen LogP contribution in [0.1, 0.15) is 0 Å². The van der Waals surface area contributed by atoms with Crippen molar-refractivity contribution in [1.29, 1.82) is 0 Å². The van der Waals surface area contributed by atoms with Gasteiger partial charge in [-0.3, -0.25) is 0 Å². The number of ether oxygens (including phenoxy) is 1. The van der Waals surface area contributed by atoms with E-state index in [0.29, 0.717) is 0 Å². The lowest BCUT2D eigenvalue weighted by molar-refractivity contribution is 0.383. The lowest BCUT2D eigenvalue weighted by Gasteiger charge is -1.95. The van der Waals surface area contributed by atoms with Crippen molar-refractivity contribution in [3.63, 3.8) is 0 Å². The predicted octanol–water partition coefficient (Wildman–Crippen LogP) is 1.29. The lowest BCUT2D eigenvalue weighted by Crippen LogP contribution is -1.92. The minimum absolute atomic E-state index is 0.0131. The number of hydrogen-bond acceptors (Lipinski definition) is 3. The lowest BCUT2D eigenvalue weighted by atomic mass is 10.7. The highest BCUT2D eigenvalue weighted by molar-refractivity contribution is 7.71. The van der Waals surface area contributed by atoms with E-state index in [1.54, 1.807) is 0 Å². The number of methoxy groups -OCH3 is 1. The van der Waals surface area contributed by atoms with Crippen LogP contribution in [-0.4, -0.2) is 17.1 Å². The first-order valence-corrected chi connectivity index (χ1v) is 2.94. The molecule has 0 atom stereocenters. The molecular formula is C5H5FN2OS. The van der Waals surface area contributed by atoms with Crippen molar-refractivity contribution in [1.82, 2.24) is 9.97 Å². The summed E-state index contributed by atoms with van der Waals surface area (Å²) in [6.45, 7) is 0. The number of nitrogens with zero attached hydrogens (tertiary/aromatic N) is 1. The molecule has 1 heterocycles. The van der Waals surface area contributed by atoms with Crippen LogP contribution in [0.3, 0.4) is 0 Å². The van der Waals surface area contributed by atoms with Crippen molar-refractivity contribution in [2.45, 2.75) is 0 Å². The van der Waals surface area contributed by atoms with E-state index < -0.39 is 5.95 Å². The summed E-state index contributed by atoms with van der Waals surface area (Å²) >= 11 is 4.51. The minimum Gasteiger partial charge on any atom is -0.480 e. The Balaban J connectivity index is 3.17. The van der Waals surface area contributed by atoms with Crippen LogP contribution < -0.4 is 4.74 Å². The van der Waals surface area contributed by atoms with Crippen molar-refractivity contribution >= 4 is 12.2 Å². The molecule has 5 heteroatoms. The smallest absolute Gasteiger partial charge is 0.251 e. The average Bonchev–Trinajstić information content (AvgIpc) is 1.95. The topological polar surface area (TPSA) is 37.9 Å². The third kappa shape index (κ3) is 1.30. The monoisotopic (exact) mass is 160 g/mol. The van der Waals surface area contributed by atoms with Crippen LogP contribution in [0.2, 0.25) is 0 Å². The van der Waals surface area contributed by atoms with Gasteiger partial charge in [0.05, 0.1) is 13.3 Å². The van der Waals surface area contributed by atoms with Crippen LogP contribution in [0.5, 0.6) is 5.88 Å². The van der Waals surface area contributed by atoms with Crippen molar-refractivity contribution in [2.75, 3.05) is 7.11 Å². The fraction of sp³-hybridized carbons (Fsp3) is 0.200. The Hall–Kier alpha value is -0.970. The Bertz CT molecular complexity index is 285. The molecule has 1 aromatic rings. The summed E-state index contributed by atoms with van der Waals surface area (Å²) in [7, 11) is 1.40. The summed E-state index contributed by atoms with van der Waals surface area (Å²) in [5.41, 5.74) is 0. The third-order valence-corrected chi connectivity index (χ3v) is 1.22. The van der Waals surface area contributed by atoms with Gasteiger partial charge in [-0.05, 0) is 0 Å². The molecule has 10 heavy (non-hydrogen) atoms. The number of nitrogens with one attached hydrogen (secondary N) is 1. The number of halogens is 1. The van der Waals surface area contributed by atoms with E-state index in [1.165, 1.54) is 13.3 Å². The van der Waals surface area contributed by atoms with Gasteiger partial charge in [-0.15, -0.1) is 0 Å². The van der Waals surface area contributed by atoms with E-state index in [9.17, 15) is 4.39 Å². The molecule has 1 aromatic heterocycles. The van der Waals surface area contributed by atoms with Crippen LogP contribution in [0.25, 0.3) is 0 Å². The van der Waals surface area contributed by atoms with Gasteiger partial charge in [0.15, 0.2) is 4.64 Å². The van der Waals surface area contributed by atoms with E-state index in [4.69, 9.17) is 0 Å². The first kappa shape index (κ1) is 7.14. The summed E-state index contributed by atoms with van der Waals surface area (Å²) < 4.78 is 17.0. The van der Waals surface area contributed by atoms with Gasteiger partial charge in [-0.1, -0.05) is 12.2 Å². The van der Waals surface area contributed by atoms with E-state index in [1.807, 2.05) is 0 Å². The molecule has 0 unspecified atom stereocenters. The van der Waals surface area contributed by atoms with Crippen molar-refractivity contribution in [2.24, 2.45) is 0 Å². The first-order valence-electron chi connectivity index (χ1n) is 2.53. The molecule has 0 bridgehead atoms. The average molecular weight is 160 g/mol. The summed E-state index contributed by atoms with van der Waals surface area (Å²) in [5.74, 6) is -0.527. The summed E-state index contributed by atoms with van der Waals surface area (Å²) in [5, 5.41) is 0. The minimum atomic E-state index is -0.714. The summed E-state index contributed by atoms with van der Waals surface area (Å²) in [4.78, 5) is 5.84. The van der Waals surface area contributed by atoms with Gasteiger partial charge in [-0.25, -0.2) is 0 Å². The second kappa shape index (κ2) is 2.74. The second-order valence-electron chi connectivity index (χ2n) is 1.56. The Morgan fingerprint density at radius 3 is 3.00 bits per heavy atom. The molecule has 0 saturated carbocycles. The second-order valence-corrected chi connectivity index (χ2v) is 1.97. The zero-order valence-electron chi connectivity index (χ0n) is 5.22. The highest BCUT2D eigenvalue weighted by Crippen LogP contribution is 2.03. The number of H-pyrrole nitrogens is 1. The molecule has 0 radical (unpaired) electrons. The molecule has 1 N–H and O–H groups in total. The maximum Gasteiger partial charge on any atom is 0.251 e. The Kier molecular flexibility index (Phi) is 1.96. The zero-order valence-corrected chi connectivity index (χ0v) is 6.04. The number of rotatable bonds is 1. The normalized spacial score (nSPS) is 9.40. The highest BCUT2D eigenvalue weighted by Gasteiger charge is 1.96. The van der Waals surface area contributed by atoms with E-state index >= 15 is 0 Å². The standard InChI is InChI=1S/C5H5FN2OS/c1-9-3-2-7-5(10)4(6)8-3/h2H,1H3,(H,7,10). The fourth-order valence-electron chi connectivity index (χ4n) is 0.471. The molecule has 0 aliphatic carbocycles. The first-order chi connectivity index (χ1) is 4.74. The van der Waals surface area contributed by atoms with Crippen LogP contribution in [0.15, 0.2) is 6.20 Å². The van der Waals surface area contributed by atoms with Crippen LogP contribution in [-0.2, 0) is 0 Å². The molecule has 3 nitrogen and oxygen atoms in total. The van der Waals surface area contributed by atoms with Gasteiger partial charge in [0.1, 0.15) is 0 Å². The molecule has 0 amide bonds. The van der Waals surface area contributed by atoms with E-state index in [2.05, 4.69) is 26.9 Å². The molecule has 1 rings (SSSR count). The third-order valence-electron chi connectivity index (χ3n) is 0.932. The molecule has 0 aromatic carbocycles. The van der Waals surface area contributed by atoms with Crippen LogP contribution in [0.4, 0.5) is 4.39 Å². The Morgan fingerprint density at radius 1 is 1.80 bits per heavy atom. The Labute approximate surface area is 61.9 Å². The van der Waals surface area contributed by atoms with Gasteiger partial charge in [0.25, 0.3) is 5.95 Å². The summed E-state index contributed by atoms with van der Waals surface area (Å²) in [6, 6.07) is 0. The zero-order chi connectivity index (χ0) is 7.56. The fourth-order valence-corrected chi connectivity index (χ4v) is 0.576. The van der Waals surface area contributed by atoms with Gasteiger partial charge >= 0.3 is 0 Å². The van der Waals surface area contributed by atoms with Gasteiger partial charge in [0, 0.05) is 0 Å². The number of aromatic nitrogens is 2. The molecular weight excluding hydrogens is 155 g/mol. The van der Waals surface area contributed by atoms with E-state index in [-0.39, 0.29) is 10.5 Å².